The second-order valence-electron chi connectivity index (χ2n) is 7.60. The average Bonchev–Trinajstić information content (AvgIpc) is 2.54. The highest BCUT2D eigenvalue weighted by atomic mass is 35.5. The van der Waals surface area contributed by atoms with Gasteiger partial charge in [-0.05, 0) is 32.6 Å². The van der Waals surface area contributed by atoms with Crippen LogP contribution in [-0.4, -0.2) is 30.6 Å². The van der Waals surface area contributed by atoms with Crippen molar-refractivity contribution < 1.29 is 21.8 Å². The fourth-order valence-corrected chi connectivity index (χ4v) is 3.05. The van der Waals surface area contributed by atoms with Crippen LogP contribution in [0, 0.1) is 0 Å². The van der Waals surface area contributed by atoms with E-state index < -0.39 is 0 Å². The molecule has 3 nitrogen and oxygen atoms in total. The average molecular weight is 375 g/mol. The van der Waals surface area contributed by atoms with E-state index in [2.05, 4.69) is 32.9 Å². The van der Waals surface area contributed by atoms with Crippen LogP contribution in [0.1, 0.15) is 97.8 Å². The zero-order chi connectivity index (χ0) is 18.3. The molecule has 0 spiro atoms. The topological polar surface area (TPSA) is 29.1 Å². The summed E-state index contributed by atoms with van der Waals surface area (Å²) in [6.45, 7) is 12.1. The lowest BCUT2D eigenvalue weighted by molar-refractivity contribution is -0.943. The quantitative estimate of drug-likeness (QED) is 0.191. The fraction of sp³-hybridized carbons (Fsp3) is 0.857. The van der Waals surface area contributed by atoms with Crippen molar-refractivity contribution in [1.82, 2.24) is 5.43 Å². The maximum Gasteiger partial charge on any atom is 0.290 e. The minimum atomic E-state index is -0.00512. The molecular formula is C21H43ClN2O. The van der Waals surface area contributed by atoms with Gasteiger partial charge >= 0.3 is 0 Å². The molecule has 0 radical (unpaired) electrons. The first kappa shape index (κ1) is 26.7. The van der Waals surface area contributed by atoms with Crippen molar-refractivity contribution in [2.75, 3.05) is 20.1 Å². The molecule has 0 heterocycles. The van der Waals surface area contributed by atoms with E-state index in [-0.39, 0.29) is 18.3 Å². The Morgan fingerprint density at radius 1 is 0.800 bits per heavy atom. The van der Waals surface area contributed by atoms with Crippen molar-refractivity contribution in [3.63, 3.8) is 0 Å². The molecule has 0 atom stereocenters. The van der Waals surface area contributed by atoms with Crippen molar-refractivity contribution in [1.29, 1.82) is 0 Å². The van der Waals surface area contributed by atoms with Crippen LogP contribution in [0.2, 0.25) is 0 Å². The van der Waals surface area contributed by atoms with Gasteiger partial charge in [-0.15, -0.1) is 0 Å². The van der Waals surface area contributed by atoms with Crippen LogP contribution in [0.5, 0.6) is 0 Å². The van der Waals surface area contributed by atoms with E-state index in [1.807, 2.05) is 0 Å². The van der Waals surface area contributed by atoms with Crippen molar-refractivity contribution in [2.45, 2.75) is 97.8 Å². The molecule has 0 fully saturated rings. The van der Waals surface area contributed by atoms with E-state index in [1.165, 1.54) is 77.0 Å². The molecule has 0 bridgehead atoms. The summed E-state index contributed by atoms with van der Waals surface area (Å²) in [5, 5.41) is 0. The highest BCUT2D eigenvalue weighted by Gasteiger charge is 2.24. The first-order valence-electron chi connectivity index (χ1n) is 10.3. The number of halogens is 1. The number of amides is 1. The van der Waals surface area contributed by atoms with Crippen LogP contribution in [0.4, 0.5) is 0 Å². The molecule has 0 rings (SSSR count). The number of quaternary nitrogens is 1. The van der Waals surface area contributed by atoms with Crippen LogP contribution in [-0.2, 0) is 4.79 Å². The molecule has 150 valence electrons. The van der Waals surface area contributed by atoms with Gasteiger partial charge in [-0.25, -0.2) is 4.59 Å². The number of unbranched alkanes of at least 4 members (excludes halogenated alkanes) is 10. The van der Waals surface area contributed by atoms with Gasteiger partial charge in [0.1, 0.15) is 13.1 Å². The predicted molar refractivity (Wildman–Crippen MR) is 106 cm³/mol. The minimum Gasteiger partial charge on any atom is -1.00 e. The van der Waals surface area contributed by atoms with E-state index >= 15 is 0 Å². The van der Waals surface area contributed by atoms with Gasteiger partial charge in [0, 0.05) is 5.57 Å². The van der Waals surface area contributed by atoms with Crippen LogP contribution in [0.25, 0.3) is 0 Å². The summed E-state index contributed by atoms with van der Waals surface area (Å²) in [6.07, 6.45) is 15.5. The SMILES string of the molecule is C=C(C)C(=O)N[N+](C)(CCCCCCCC)CCCCCCCC.[Cl-]. The third-order valence-electron chi connectivity index (χ3n) is 4.77. The molecule has 1 N–H and O–H groups in total. The van der Waals surface area contributed by atoms with E-state index in [9.17, 15) is 4.79 Å². The molecule has 0 aliphatic heterocycles. The van der Waals surface area contributed by atoms with Gasteiger partial charge in [-0.3, -0.25) is 4.79 Å². The Labute approximate surface area is 163 Å². The van der Waals surface area contributed by atoms with Gasteiger partial charge < -0.3 is 12.4 Å². The summed E-state index contributed by atoms with van der Waals surface area (Å²) < 4.78 is 0.660. The Balaban J connectivity index is 0. The van der Waals surface area contributed by atoms with Crippen LogP contribution in [0.3, 0.4) is 0 Å². The summed E-state index contributed by atoms with van der Waals surface area (Å²) in [7, 11) is 2.17. The summed E-state index contributed by atoms with van der Waals surface area (Å²) in [5.74, 6) is -0.00512. The van der Waals surface area contributed by atoms with Crippen LogP contribution < -0.4 is 17.8 Å². The van der Waals surface area contributed by atoms with Gasteiger partial charge in [-0.2, -0.15) is 5.43 Å². The van der Waals surface area contributed by atoms with Gasteiger partial charge in [-0.1, -0.05) is 71.8 Å². The van der Waals surface area contributed by atoms with E-state index in [4.69, 9.17) is 0 Å². The highest BCUT2D eigenvalue weighted by molar-refractivity contribution is 5.91. The second-order valence-corrected chi connectivity index (χ2v) is 7.60. The van der Waals surface area contributed by atoms with E-state index in [0.717, 1.165) is 13.1 Å². The number of nitrogens with zero attached hydrogens (tertiary/aromatic N) is 1. The molecule has 0 saturated carbocycles. The Morgan fingerprint density at radius 2 is 1.16 bits per heavy atom. The number of hydrogen-bond acceptors (Lipinski definition) is 1. The smallest absolute Gasteiger partial charge is 0.290 e. The lowest BCUT2D eigenvalue weighted by Gasteiger charge is -2.34. The fourth-order valence-electron chi connectivity index (χ4n) is 3.05. The molecular weight excluding hydrogens is 332 g/mol. The maximum atomic E-state index is 12.1. The highest BCUT2D eigenvalue weighted by Crippen LogP contribution is 2.12. The number of rotatable bonds is 16. The lowest BCUT2D eigenvalue weighted by atomic mass is 10.1. The van der Waals surface area contributed by atoms with Crippen molar-refractivity contribution >= 4 is 5.91 Å². The predicted octanol–water partition coefficient (Wildman–Crippen LogP) is 2.77. The molecule has 25 heavy (non-hydrogen) atoms. The summed E-state index contributed by atoms with van der Waals surface area (Å²) >= 11 is 0. The zero-order valence-electron chi connectivity index (χ0n) is 17.3. The largest absolute Gasteiger partial charge is 1.00 e. The van der Waals surface area contributed by atoms with Crippen molar-refractivity contribution in [3.8, 4) is 0 Å². The van der Waals surface area contributed by atoms with Crippen molar-refractivity contribution in [3.05, 3.63) is 12.2 Å². The second kappa shape index (κ2) is 16.9. The van der Waals surface area contributed by atoms with Crippen LogP contribution in [0.15, 0.2) is 12.2 Å². The Kier molecular flexibility index (Phi) is 18.0. The minimum absolute atomic E-state index is 0. The molecule has 0 saturated heterocycles. The summed E-state index contributed by atoms with van der Waals surface area (Å²) in [4.78, 5) is 12.1. The molecule has 1 amide bonds. The Bertz CT molecular complexity index is 329. The number of carbonyl (C=O) groups excluding carboxylic acids is 1. The number of carbonyl (C=O) groups is 1. The number of hydrogen-bond donors (Lipinski definition) is 1. The first-order valence-corrected chi connectivity index (χ1v) is 10.3. The lowest BCUT2D eigenvalue weighted by Crippen LogP contribution is -3.00. The van der Waals surface area contributed by atoms with E-state index in [1.54, 1.807) is 6.92 Å². The van der Waals surface area contributed by atoms with E-state index in [0.29, 0.717) is 10.2 Å². The molecule has 0 aromatic heterocycles. The molecule has 0 aromatic rings. The third kappa shape index (κ3) is 15.4. The Morgan fingerprint density at radius 3 is 1.52 bits per heavy atom. The summed E-state index contributed by atoms with van der Waals surface area (Å²) in [5.41, 5.74) is 3.80. The van der Waals surface area contributed by atoms with Gasteiger partial charge in [0.25, 0.3) is 5.91 Å². The molecule has 0 aromatic carbocycles. The zero-order valence-corrected chi connectivity index (χ0v) is 18.1. The number of nitrogens with one attached hydrogen (secondary N) is 1. The van der Waals surface area contributed by atoms with Gasteiger partial charge in [0.2, 0.25) is 0 Å². The normalized spacial score (nSPS) is 11.0. The summed E-state index contributed by atoms with van der Waals surface area (Å²) in [6, 6.07) is 0. The van der Waals surface area contributed by atoms with Crippen LogP contribution >= 0.6 is 0 Å². The molecule has 4 heteroatoms. The monoisotopic (exact) mass is 374 g/mol. The molecule has 0 aliphatic carbocycles. The van der Waals surface area contributed by atoms with Gasteiger partial charge in [0.15, 0.2) is 0 Å². The standard InChI is InChI=1S/C21H42N2O.ClH/c1-6-8-10-12-14-16-18-23(5,22-21(24)20(3)4)19-17-15-13-11-9-7-2;/h3,6-19H2,1-2,4-5H3;1H. The maximum absolute atomic E-state index is 12.1. The third-order valence-corrected chi connectivity index (χ3v) is 4.77. The first-order chi connectivity index (χ1) is 11.4. The van der Waals surface area contributed by atoms with Gasteiger partial charge in [0.05, 0.1) is 7.05 Å². The Hall–Kier alpha value is -0.540. The molecule has 0 unspecified atom stereocenters. The molecule has 0 aliphatic rings. The van der Waals surface area contributed by atoms with Crippen molar-refractivity contribution in [2.24, 2.45) is 0 Å².